The van der Waals surface area contributed by atoms with Gasteiger partial charge in [-0.3, -0.25) is 9.59 Å². The van der Waals surface area contributed by atoms with E-state index in [1.807, 2.05) is 42.5 Å². The molecule has 0 aromatic heterocycles. The van der Waals surface area contributed by atoms with Gasteiger partial charge in [0, 0.05) is 70.0 Å². The second-order valence-electron chi connectivity index (χ2n) is 12.8. The maximum Gasteiger partial charge on any atom is 0.162 e. The number of ketones is 2. The number of Topliss-reactive ketones (excluding diaryl/α,β-unsaturated/α-hetero) is 2. The summed E-state index contributed by atoms with van der Waals surface area (Å²) in [5.74, 6) is 0.377. The van der Waals surface area contributed by atoms with Gasteiger partial charge in [0.2, 0.25) is 0 Å². The Morgan fingerprint density at radius 1 is 0.925 bits per heavy atom. The highest BCUT2D eigenvalue weighted by molar-refractivity contribution is 9.10. The van der Waals surface area contributed by atoms with Crippen molar-refractivity contribution in [3.8, 4) is 5.75 Å². The normalized spacial score (nSPS) is 20.5. The second kappa shape index (κ2) is 11.1. The average molecular weight is 627 g/mol. The molecule has 2 aromatic rings. The van der Waals surface area contributed by atoms with E-state index >= 15 is 0 Å². The number of hydrogen-bond donors (Lipinski definition) is 0. The van der Waals surface area contributed by atoms with Gasteiger partial charge in [0.05, 0.1) is 6.61 Å². The molecule has 1 heterocycles. The molecule has 1 aliphatic heterocycles. The predicted octanol–water partition coefficient (Wildman–Crippen LogP) is 8.01. The average Bonchev–Trinajstić information content (AvgIpc) is 2.85. The minimum absolute atomic E-state index is 0.101. The Morgan fingerprint density at radius 2 is 1.55 bits per heavy atom. The van der Waals surface area contributed by atoms with Crippen LogP contribution in [0.2, 0.25) is 5.02 Å². The number of rotatable bonds is 7. The third kappa shape index (κ3) is 5.81. The summed E-state index contributed by atoms with van der Waals surface area (Å²) >= 11 is 9.87. The van der Waals surface area contributed by atoms with E-state index in [-0.39, 0.29) is 22.4 Å². The van der Waals surface area contributed by atoms with Crippen LogP contribution in [0.5, 0.6) is 5.75 Å². The standard InChI is InChI=1S/C33H37BrClNO4/c1-32(2)15-24-30(26(37)17-32)29(31-25(36(24)11-12-39-5)16-33(3,4)18-27(31)38)23-14-21(34)9-10-28(23)40-19-20-7-6-8-22(35)13-20/h6-10,13-14,29H,11-12,15-19H2,1-5H3. The van der Waals surface area contributed by atoms with Crippen LogP contribution in [0.4, 0.5) is 0 Å². The van der Waals surface area contributed by atoms with Crippen LogP contribution in [0.15, 0.2) is 69.5 Å². The SMILES string of the molecule is COCCN1C2=C(C(=O)CC(C)(C)C2)C(c2cc(Br)ccc2OCc2cccc(Cl)c2)C2=C1CC(C)(C)CC2=O. The Labute approximate surface area is 250 Å². The summed E-state index contributed by atoms with van der Waals surface area (Å²) in [7, 11) is 1.69. The lowest BCUT2D eigenvalue weighted by Gasteiger charge is -2.49. The third-order valence-electron chi connectivity index (χ3n) is 8.11. The van der Waals surface area contributed by atoms with Crippen molar-refractivity contribution < 1.29 is 19.1 Å². The fraction of sp³-hybridized carbons (Fsp3) is 0.455. The fourth-order valence-electron chi connectivity index (χ4n) is 6.48. The highest BCUT2D eigenvalue weighted by atomic mass is 79.9. The molecule has 2 aliphatic carbocycles. The number of allylic oxidation sites excluding steroid dienone is 4. The van der Waals surface area contributed by atoms with E-state index in [0.29, 0.717) is 43.4 Å². The van der Waals surface area contributed by atoms with Crippen molar-refractivity contribution >= 4 is 39.1 Å². The number of methoxy groups -OCH3 is 1. The van der Waals surface area contributed by atoms with Gasteiger partial charge in [0.1, 0.15) is 12.4 Å². The Balaban J connectivity index is 1.70. The molecule has 2 aromatic carbocycles. The summed E-state index contributed by atoms with van der Waals surface area (Å²) in [6.45, 7) is 10.0. The van der Waals surface area contributed by atoms with E-state index in [0.717, 1.165) is 51.0 Å². The fourth-order valence-corrected chi connectivity index (χ4v) is 7.07. The van der Waals surface area contributed by atoms with E-state index in [9.17, 15) is 9.59 Å². The van der Waals surface area contributed by atoms with Crippen LogP contribution >= 0.6 is 27.5 Å². The van der Waals surface area contributed by atoms with Crippen LogP contribution < -0.4 is 4.74 Å². The van der Waals surface area contributed by atoms with E-state index in [1.54, 1.807) is 7.11 Å². The zero-order valence-corrected chi connectivity index (χ0v) is 26.2. The molecule has 5 nitrogen and oxygen atoms in total. The Bertz CT molecular complexity index is 1370. The minimum Gasteiger partial charge on any atom is -0.489 e. The van der Waals surface area contributed by atoms with Crippen LogP contribution in [-0.4, -0.2) is 36.7 Å². The zero-order chi connectivity index (χ0) is 28.8. The maximum atomic E-state index is 14.1. The lowest BCUT2D eigenvalue weighted by Crippen LogP contribution is -2.45. The van der Waals surface area contributed by atoms with Crippen LogP contribution in [0.25, 0.3) is 0 Å². The van der Waals surface area contributed by atoms with Gasteiger partial charge in [-0.2, -0.15) is 0 Å². The topological polar surface area (TPSA) is 55.8 Å². The summed E-state index contributed by atoms with van der Waals surface area (Å²) in [4.78, 5) is 30.3. The summed E-state index contributed by atoms with van der Waals surface area (Å²) in [5.41, 5.74) is 4.93. The molecule has 0 saturated carbocycles. The molecular weight excluding hydrogens is 590 g/mol. The summed E-state index contributed by atoms with van der Waals surface area (Å²) in [6.07, 6.45) is 2.39. The van der Waals surface area contributed by atoms with Crippen molar-refractivity contribution in [1.82, 2.24) is 4.90 Å². The van der Waals surface area contributed by atoms with Gasteiger partial charge in [0.15, 0.2) is 11.6 Å². The van der Waals surface area contributed by atoms with E-state index in [1.165, 1.54) is 0 Å². The summed E-state index contributed by atoms with van der Waals surface area (Å²) in [6, 6.07) is 13.5. The minimum atomic E-state index is -0.483. The van der Waals surface area contributed by atoms with Crippen LogP contribution in [-0.2, 0) is 20.9 Å². The summed E-state index contributed by atoms with van der Waals surface area (Å²) in [5, 5.41) is 0.649. The monoisotopic (exact) mass is 625 g/mol. The van der Waals surface area contributed by atoms with Crippen LogP contribution in [0.1, 0.15) is 70.4 Å². The molecule has 3 aliphatic rings. The molecule has 0 N–H and O–H groups in total. The van der Waals surface area contributed by atoms with E-state index in [4.69, 9.17) is 21.1 Å². The van der Waals surface area contributed by atoms with Crippen molar-refractivity contribution in [2.24, 2.45) is 10.8 Å². The molecule has 0 saturated heterocycles. The lowest BCUT2D eigenvalue weighted by molar-refractivity contribution is -0.119. The molecule has 40 heavy (non-hydrogen) atoms. The van der Waals surface area contributed by atoms with Gasteiger partial charge in [-0.05, 0) is 59.6 Å². The quantitative estimate of drug-likeness (QED) is 0.312. The van der Waals surface area contributed by atoms with E-state index < -0.39 is 5.92 Å². The number of carbonyl (C=O) groups is 2. The van der Waals surface area contributed by atoms with Gasteiger partial charge in [-0.15, -0.1) is 0 Å². The molecule has 0 amide bonds. The largest absolute Gasteiger partial charge is 0.489 e. The van der Waals surface area contributed by atoms with Gasteiger partial charge in [-0.1, -0.05) is 67.4 Å². The molecule has 0 unspecified atom stereocenters. The van der Waals surface area contributed by atoms with Gasteiger partial charge in [-0.25, -0.2) is 0 Å². The van der Waals surface area contributed by atoms with Crippen LogP contribution in [0, 0.1) is 10.8 Å². The number of carbonyl (C=O) groups excluding carboxylic acids is 2. The number of ether oxygens (including phenoxy) is 2. The first-order valence-corrected chi connectivity index (χ1v) is 15.0. The first kappa shape index (κ1) is 29.1. The molecule has 0 spiro atoms. The highest BCUT2D eigenvalue weighted by Gasteiger charge is 2.49. The van der Waals surface area contributed by atoms with Gasteiger partial charge in [0.25, 0.3) is 0 Å². The molecule has 0 fully saturated rings. The van der Waals surface area contributed by atoms with E-state index in [2.05, 4.69) is 48.5 Å². The zero-order valence-electron chi connectivity index (χ0n) is 23.9. The molecular formula is C33H37BrClNO4. The van der Waals surface area contributed by atoms with Crippen molar-refractivity contribution in [2.75, 3.05) is 20.3 Å². The smallest absolute Gasteiger partial charge is 0.162 e. The molecule has 0 atom stereocenters. The van der Waals surface area contributed by atoms with Crippen molar-refractivity contribution in [2.45, 2.75) is 65.9 Å². The molecule has 5 rings (SSSR count). The Kier molecular flexibility index (Phi) is 8.08. The molecule has 0 bridgehead atoms. The highest BCUT2D eigenvalue weighted by Crippen LogP contribution is 2.55. The molecule has 0 radical (unpaired) electrons. The first-order valence-electron chi connectivity index (χ1n) is 13.8. The van der Waals surface area contributed by atoms with Crippen molar-refractivity contribution in [1.29, 1.82) is 0 Å². The number of hydrogen-bond acceptors (Lipinski definition) is 5. The molecule has 212 valence electrons. The third-order valence-corrected chi connectivity index (χ3v) is 8.84. The van der Waals surface area contributed by atoms with Crippen LogP contribution in [0.3, 0.4) is 0 Å². The Hall–Kier alpha value is -2.41. The van der Waals surface area contributed by atoms with Gasteiger partial charge >= 0.3 is 0 Å². The second-order valence-corrected chi connectivity index (χ2v) is 14.1. The Morgan fingerprint density at radius 3 is 2.12 bits per heavy atom. The summed E-state index contributed by atoms with van der Waals surface area (Å²) < 4.78 is 12.8. The maximum absolute atomic E-state index is 14.1. The number of benzene rings is 2. The number of nitrogens with zero attached hydrogens (tertiary/aromatic N) is 1. The predicted molar refractivity (Wildman–Crippen MR) is 161 cm³/mol. The first-order chi connectivity index (χ1) is 18.9. The van der Waals surface area contributed by atoms with Gasteiger partial charge < -0.3 is 14.4 Å². The lowest BCUT2D eigenvalue weighted by atomic mass is 9.63. The van der Waals surface area contributed by atoms with Crippen molar-refractivity contribution in [3.63, 3.8) is 0 Å². The van der Waals surface area contributed by atoms with Crippen molar-refractivity contribution in [3.05, 3.63) is 85.6 Å². The number of halogens is 2. The molecule has 7 heteroatoms.